The number of likely N-dealkylation sites (N-methyl/N-ethyl adjacent to an activating group) is 1. The van der Waals surface area contributed by atoms with Crippen LogP contribution in [-0.4, -0.2) is 31.7 Å². The molecule has 1 aliphatic heterocycles. The Hall–Kier alpha value is -0.860. The molecule has 0 spiro atoms. The summed E-state index contributed by atoms with van der Waals surface area (Å²) in [5, 5.41) is 3.53. The topological polar surface area (TPSA) is 15.3 Å². The molecule has 1 heterocycles. The molecule has 0 bridgehead atoms. The Labute approximate surface area is 98.7 Å². The second-order valence-corrected chi connectivity index (χ2v) is 5.00. The third-order valence-electron chi connectivity index (χ3n) is 3.53. The van der Waals surface area contributed by atoms with Crippen LogP contribution in [0.25, 0.3) is 0 Å². The van der Waals surface area contributed by atoms with E-state index >= 15 is 0 Å². The highest BCUT2D eigenvalue weighted by Gasteiger charge is 2.34. The molecular weight excluding hydrogens is 196 g/mol. The molecule has 2 nitrogen and oxygen atoms in total. The highest BCUT2D eigenvalue weighted by Crippen LogP contribution is 2.31. The first-order valence-corrected chi connectivity index (χ1v) is 6.22. The van der Waals surface area contributed by atoms with Crippen molar-refractivity contribution in [3.05, 3.63) is 35.9 Å². The van der Waals surface area contributed by atoms with E-state index in [9.17, 15) is 0 Å². The average Bonchev–Trinajstić information content (AvgIpc) is 2.31. The van der Waals surface area contributed by atoms with Crippen molar-refractivity contribution in [1.82, 2.24) is 10.2 Å². The Kier molecular flexibility index (Phi) is 3.62. The fraction of sp³-hybridized carbons (Fsp3) is 0.571. The maximum Gasteiger partial charge on any atom is 0.0478 e. The Morgan fingerprint density at radius 2 is 2.06 bits per heavy atom. The summed E-state index contributed by atoms with van der Waals surface area (Å²) in [6, 6.07) is 11.0. The summed E-state index contributed by atoms with van der Waals surface area (Å²) in [6.45, 7) is 5.56. The van der Waals surface area contributed by atoms with E-state index in [2.05, 4.69) is 54.5 Å². The molecule has 1 aliphatic rings. The van der Waals surface area contributed by atoms with Gasteiger partial charge in [0.05, 0.1) is 0 Å². The van der Waals surface area contributed by atoms with Crippen molar-refractivity contribution in [3.8, 4) is 0 Å². The van der Waals surface area contributed by atoms with Gasteiger partial charge in [-0.3, -0.25) is 4.90 Å². The van der Waals surface area contributed by atoms with Crippen LogP contribution in [0.15, 0.2) is 30.3 Å². The lowest BCUT2D eigenvalue weighted by atomic mass is 9.75. The van der Waals surface area contributed by atoms with E-state index in [1.165, 1.54) is 18.4 Å². The monoisotopic (exact) mass is 218 g/mol. The zero-order valence-corrected chi connectivity index (χ0v) is 10.4. The molecule has 1 atom stereocenters. The second-order valence-electron chi connectivity index (χ2n) is 5.00. The van der Waals surface area contributed by atoms with Gasteiger partial charge in [-0.15, -0.1) is 0 Å². The van der Waals surface area contributed by atoms with Crippen LogP contribution in [-0.2, 0) is 5.41 Å². The molecule has 0 radical (unpaired) electrons. The number of benzene rings is 1. The maximum atomic E-state index is 3.53. The van der Waals surface area contributed by atoms with E-state index in [4.69, 9.17) is 0 Å². The summed E-state index contributed by atoms with van der Waals surface area (Å²) in [6.07, 6.45) is 2.50. The van der Waals surface area contributed by atoms with E-state index in [-0.39, 0.29) is 0 Å². The zero-order chi connectivity index (χ0) is 11.4. The lowest BCUT2D eigenvalue weighted by Gasteiger charge is -2.42. The molecule has 16 heavy (non-hydrogen) atoms. The fourth-order valence-corrected chi connectivity index (χ4v) is 2.89. The van der Waals surface area contributed by atoms with Crippen molar-refractivity contribution in [2.24, 2.45) is 0 Å². The van der Waals surface area contributed by atoms with Gasteiger partial charge in [0.2, 0.25) is 0 Å². The van der Waals surface area contributed by atoms with Crippen LogP contribution in [0.4, 0.5) is 0 Å². The minimum absolute atomic E-state index is 0.309. The molecular formula is C14H22N2. The molecule has 0 aromatic heterocycles. The number of nitrogens with one attached hydrogen (secondary N) is 1. The number of hydrogen-bond donors (Lipinski definition) is 1. The van der Waals surface area contributed by atoms with Crippen molar-refractivity contribution in [1.29, 1.82) is 0 Å². The summed E-state index contributed by atoms with van der Waals surface area (Å²) >= 11 is 0. The highest BCUT2D eigenvalue weighted by atomic mass is 15.2. The summed E-state index contributed by atoms with van der Waals surface area (Å²) in [7, 11) is 2.19. The minimum atomic E-state index is 0.309. The van der Waals surface area contributed by atoms with E-state index < -0.39 is 0 Å². The van der Waals surface area contributed by atoms with Gasteiger partial charge in [-0.1, -0.05) is 43.7 Å². The lowest BCUT2D eigenvalue weighted by Crippen LogP contribution is -2.54. The Balaban J connectivity index is 2.27. The summed E-state index contributed by atoms with van der Waals surface area (Å²) in [5.41, 5.74) is 1.79. The van der Waals surface area contributed by atoms with Gasteiger partial charge in [-0.05, 0) is 19.0 Å². The summed E-state index contributed by atoms with van der Waals surface area (Å²) in [5.74, 6) is 0. The van der Waals surface area contributed by atoms with Gasteiger partial charge in [0.15, 0.2) is 0 Å². The normalized spacial score (nSPS) is 26.9. The van der Waals surface area contributed by atoms with Crippen molar-refractivity contribution < 1.29 is 0 Å². The van der Waals surface area contributed by atoms with Gasteiger partial charge in [-0.25, -0.2) is 0 Å². The quantitative estimate of drug-likeness (QED) is 0.837. The van der Waals surface area contributed by atoms with Gasteiger partial charge >= 0.3 is 0 Å². The molecule has 2 heteroatoms. The van der Waals surface area contributed by atoms with Crippen LogP contribution in [0, 0.1) is 0 Å². The average molecular weight is 218 g/mol. The van der Waals surface area contributed by atoms with Crippen LogP contribution in [0.5, 0.6) is 0 Å². The Morgan fingerprint density at radius 1 is 1.31 bits per heavy atom. The van der Waals surface area contributed by atoms with Crippen LogP contribution < -0.4 is 5.32 Å². The van der Waals surface area contributed by atoms with E-state index in [0.29, 0.717) is 5.41 Å². The Morgan fingerprint density at radius 3 is 2.69 bits per heavy atom. The predicted octanol–water partition coefficient (Wildman–Crippen LogP) is 2.22. The van der Waals surface area contributed by atoms with Gasteiger partial charge in [0.25, 0.3) is 0 Å². The number of rotatable bonds is 3. The molecule has 1 aromatic carbocycles. The van der Waals surface area contributed by atoms with Crippen molar-refractivity contribution in [2.75, 3.05) is 26.8 Å². The first kappa shape index (κ1) is 11.6. The SMILES string of the molecule is CCC[C@@]1(c2ccccc2)CNCN(C)C1. The van der Waals surface area contributed by atoms with Gasteiger partial charge in [0, 0.05) is 25.2 Å². The van der Waals surface area contributed by atoms with E-state index in [1.54, 1.807) is 0 Å². The molecule has 1 saturated heterocycles. The summed E-state index contributed by atoms with van der Waals surface area (Å²) < 4.78 is 0. The van der Waals surface area contributed by atoms with Gasteiger partial charge < -0.3 is 5.32 Å². The molecule has 1 fully saturated rings. The van der Waals surface area contributed by atoms with Crippen LogP contribution >= 0.6 is 0 Å². The highest BCUT2D eigenvalue weighted by molar-refractivity contribution is 5.27. The minimum Gasteiger partial charge on any atom is -0.303 e. The third-order valence-corrected chi connectivity index (χ3v) is 3.53. The van der Waals surface area contributed by atoms with Crippen LogP contribution in [0.1, 0.15) is 25.3 Å². The smallest absolute Gasteiger partial charge is 0.0478 e. The molecule has 88 valence electrons. The third kappa shape index (κ3) is 2.28. The maximum absolute atomic E-state index is 3.53. The van der Waals surface area contributed by atoms with E-state index in [0.717, 1.165) is 19.8 Å². The second kappa shape index (κ2) is 4.98. The summed E-state index contributed by atoms with van der Waals surface area (Å²) in [4.78, 5) is 2.38. The van der Waals surface area contributed by atoms with Gasteiger partial charge in [0.1, 0.15) is 0 Å². The molecule has 0 unspecified atom stereocenters. The zero-order valence-electron chi connectivity index (χ0n) is 10.4. The lowest BCUT2D eigenvalue weighted by molar-refractivity contribution is 0.160. The molecule has 0 saturated carbocycles. The standard InChI is InChI=1S/C14H22N2/c1-3-9-14(10-15-12-16(2)11-14)13-7-5-4-6-8-13/h4-8,15H,3,9-12H2,1-2H3/t14-/m1/s1. The predicted molar refractivity (Wildman–Crippen MR) is 68.5 cm³/mol. The van der Waals surface area contributed by atoms with E-state index in [1.807, 2.05) is 0 Å². The molecule has 1 N–H and O–H groups in total. The van der Waals surface area contributed by atoms with Gasteiger partial charge in [-0.2, -0.15) is 0 Å². The molecule has 1 aromatic rings. The van der Waals surface area contributed by atoms with Crippen molar-refractivity contribution in [3.63, 3.8) is 0 Å². The number of nitrogens with zero attached hydrogens (tertiary/aromatic N) is 1. The largest absolute Gasteiger partial charge is 0.303 e. The molecule has 0 amide bonds. The first-order valence-electron chi connectivity index (χ1n) is 6.22. The van der Waals surface area contributed by atoms with Crippen molar-refractivity contribution >= 4 is 0 Å². The van der Waals surface area contributed by atoms with Crippen LogP contribution in [0.2, 0.25) is 0 Å². The Bertz CT molecular complexity index is 319. The van der Waals surface area contributed by atoms with Crippen LogP contribution in [0.3, 0.4) is 0 Å². The first-order chi connectivity index (χ1) is 7.77. The number of hydrogen-bond acceptors (Lipinski definition) is 2. The fourth-order valence-electron chi connectivity index (χ4n) is 2.89. The molecule has 0 aliphatic carbocycles. The molecule has 2 rings (SSSR count). The van der Waals surface area contributed by atoms with Crippen molar-refractivity contribution in [2.45, 2.75) is 25.2 Å².